The van der Waals surface area contributed by atoms with Gasteiger partial charge in [-0.15, -0.1) is 0 Å². The van der Waals surface area contributed by atoms with Crippen LogP contribution in [0.2, 0.25) is 0 Å². The fraction of sp³-hybridized carbons (Fsp3) is 0.367. The molecule has 4 heterocycles. The molecule has 2 N–H and O–H groups in total. The molecule has 6 rings (SSSR count). The number of H-pyrrole nitrogens is 1. The van der Waals surface area contributed by atoms with Crippen molar-refractivity contribution in [1.82, 2.24) is 29.9 Å². The number of likely N-dealkylation sites (tertiary alicyclic amines) is 1. The zero-order valence-electron chi connectivity index (χ0n) is 22.0. The van der Waals surface area contributed by atoms with Crippen LogP contribution in [0.4, 0.5) is 5.69 Å². The van der Waals surface area contributed by atoms with E-state index >= 15 is 0 Å². The van der Waals surface area contributed by atoms with Crippen LogP contribution in [0, 0.1) is 0 Å². The van der Waals surface area contributed by atoms with E-state index in [0.29, 0.717) is 5.69 Å². The van der Waals surface area contributed by atoms with Gasteiger partial charge in [0, 0.05) is 68.3 Å². The maximum absolute atomic E-state index is 13.3. The number of rotatable bonds is 7. The Morgan fingerprint density at radius 2 is 1.66 bits per heavy atom. The molecule has 2 aliphatic heterocycles. The minimum absolute atomic E-state index is 0.214. The summed E-state index contributed by atoms with van der Waals surface area (Å²) in [6, 6.07) is 16.4. The number of aromatic nitrogens is 3. The van der Waals surface area contributed by atoms with Crippen molar-refractivity contribution in [3.8, 4) is 11.1 Å². The molecule has 8 nitrogen and oxygen atoms in total. The summed E-state index contributed by atoms with van der Waals surface area (Å²) in [6.07, 6.45) is 6.37. The average Bonchev–Trinajstić information content (AvgIpc) is 3.60. The number of pyridine rings is 1. The van der Waals surface area contributed by atoms with Crippen molar-refractivity contribution in [3.63, 3.8) is 0 Å². The highest BCUT2D eigenvalue weighted by Gasteiger charge is 2.18. The summed E-state index contributed by atoms with van der Waals surface area (Å²) in [4.78, 5) is 25.1. The van der Waals surface area contributed by atoms with Gasteiger partial charge in [0.25, 0.3) is 5.91 Å². The van der Waals surface area contributed by atoms with Crippen molar-refractivity contribution < 1.29 is 4.79 Å². The van der Waals surface area contributed by atoms with Crippen molar-refractivity contribution in [1.29, 1.82) is 0 Å². The first kappa shape index (κ1) is 24.7. The molecule has 0 atom stereocenters. The molecule has 0 unspecified atom stereocenters. The molecular formula is C30H35N7O. The first-order chi connectivity index (χ1) is 18.6. The van der Waals surface area contributed by atoms with Crippen molar-refractivity contribution in [2.45, 2.75) is 25.9 Å². The number of nitrogens with zero attached hydrogens (tertiary/aromatic N) is 5. The van der Waals surface area contributed by atoms with E-state index < -0.39 is 0 Å². The lowest BCUT2D eigenvalue weighted by atomic mass is 10.0. The van der Waals surface area contributed by atoms with Gasteiger partial charge in [-0.05, 0) is 80.0 Å². The molecule has 2 aromatic carbocycles. The van der Waals surface area contributed by atoms with Gasteiger partial charge in [0.2, 0.25) is 0 Å². The van der Waals surface area contributed by atoms with Crippen LogP contribution >= 0.6 is 0 Å². The van der Waals surface area contributed by atoms with Crippen LogP contribution in [0.1, 0.15) is 34.5 Å². The number of fused-ring (bicyclic) bond motifs is 1. The molecule has 4 aromatic rings. The molecule has 2 aromatic heterocycles. The zero-order valence-corrected chi connectivity index (χ0v) is 22.0. The number of carbonyl (C=O) groups excluding carboxylic acids is 1. The Bertz CT molecular complexity index is 1420. The third kappa shape index (κ3) is 5.62. The first-order valence-electron chi connectivity index (χ1n) is 13.6. The van der Waals surface area contributed by atoms with Crippen LogP contribution in [0.25, 0.3) is 22.0 Å². The smallest absolute Gasteiger partial charge is 0.276 e. The summed E-state index contributed by atoms with van der Waals surface area (Å²) in [5.74, 6) is -0.214. The average molecular weight is 510 g/mol. The van der Waals surface area contributed by atoms with Gasteiger partial charge in [0.15, 0.2) is 5.69 Å². The minimum Gasteiger partial charge on any atom is -0.321 e. The Labute approximate surface area is 223 Å². The minimum atomic E-state index is -0.214. The standard InChI is InChI=1S/C30H35N7O/c1-35-11-13-37(14-12-35)21-23-15-25(19-31-18-23)24-7-8-28-27(17-24)29(34-33-28)30(38)32-26-6-4-5-22(16-26)20-36-9-2-3-10-36/h4-8,15-19H,2-3,9-14,20-21H2,1H3,(H,32,38)(H,33,34). The topological polar surface area (TPSA) is 80.4 Å². The summed E-state index contributed by atoms with van der Waals surface area (Å²) in [6.45, 7) is 8.44. The third-order valence-electron chi connectivity index (χ3n) is 7.70. The molecule has 2 saturated heterocycles. The second kappa shape index (κ2) is 11.0. The fourth-order valence-electron chi connectivity index (χ4n) is 5.50. The Kier molecular flexibility index (Phi) is 7.18. The largest absolute Gasteiger partial charge is 0.321 e. The van der Waals surface area contributed by atoms with Crippen LogP contribution in [0.15, 0.2) is 60.9 Å². The van der Waals surface area contributed by atoms with Crippen LogP contribution in [0.3, 0.4) is 0 Å². The lowest BCUT2D eigenvalue weighted by molar-refractivity contribution is 0.102. The SMILES string of the molecule is CN1CCN(Cc2cncc(-c3ccc4[nH]nc(C(=O)Nc5cccc(CN6CCCC6)c5)c4c3)c2)CC1. The number of carbonyl (C=O) groups is 1. The van der Waals surface area contributed by atoms with E-state index in [0.717, 1.165) is 80.1 Å². The number of likely N-dealkylation sites (N-methyl/N-ethyl adjacent to an activating group) is 1. The predicted octanol–water partition coefficient (Wildman–Crippen LogP) is 4.22. The molecule has 2 aliphatic rings. The first-order valence-corrected chi connectivity index (χ1v) is 13.6. The van der Waals surface area contributed by atoms with Crippen LogP contribution in [-0.4, -0.2) is 82.1 Å². The number of aromatic amines is 1. The van der Waals surface area contributed by atoms with Gasteiger partial charge in [0.1, 0.15) is 0 Å². The predicted molar refractivity (Wildman–Crippen MR) is 151 cm³/mol. The van der Waals surface area contributed by atoms with E-state index in [9.17, 15) is 4.79 Å². The molecule has 196 valence electrons. The monoisotopic (exact) mass is 509 g/mol. The normalized spacial score (nSPS) is 17.3. The van der Waals surface area contributed by atoms with Crippen molar-refractivity contribution in [2.24, 2.45) is 0 Å². The molecule has 0 aliphatic carbocycles. The molecular weight excluding hydrogens is 474 g/mol. The highest BCUT2D eigenvalue weighted by Crippen LogP contribution is 2.27. The molecule has 1 amide bonds. The number of hydrogen-bond acceptors (Lipinski definition) is 6. The third-order valence-corrected chi connectivity index (χ3v) is 7.70. The molecule has 0 saturated carbocycles. The van der Waals surface area contributed by atoms with Crippen LogP contribution in [-0.2, 0) is 13.1 Å². The zero-order chi connectivity index (χ0) is 25.9. The van der Waals surface area contributed by atoms with Gasteiger partial charge in [0.05, 0.1) is 5.52 Å². The number of hydrogen-bond donors (Lipinski definition) is 2. The van der Waals surface area contributed by atoms with E-state index in [1.807, 2.05) is 36.7 Å². The molecule has 0 spiro atoms. The highest BCUT2D eigenvalue weighted by atomic mass is 16.1. The maximum atomic E-state index is 13.3. The van der Waals surface area contributed by atoms with Crippen LogP contribution < -0.4 is 5.32 Å². The van der Waals surface area contributed by atoms with E-state index in [-0.39, 0.29) is 5.91 Å². The van der Waals surface area contributed by atoms with Gasteiger partial charge in [-0.1, -0.05) is 18.2 Å². The Hall–Kier alpha value is -3.59. The van der Waals surface area contributed by atoms with Gasteiger partial charge in [-0.3, -0.25) is 24.7 Å². The maximum Gasteiger partial charge on any atom is 0.276 e. The van der Waals surface area contributed by atoms with Gasteiger partial charge < -0.3 is 10.2 Å². The Morgan fingerprint density at radius 1 is 0.868 bits per heavy atom. The molecule has 0 bridgehead atoms. The van der Waals surface area contributed by atoms with Crippen LogP contribution in [0.5, 0.6) is 0 Å². The number of amides is 1. The molecule has 8 heteroatoms. The molecule has 0 radical (unpaired) electrons. The second-order valence-corrected chi connectivity index (χ2v) is 10.6. The summed E-state index contributed by atoms with van der Waals surface area (Å²) in [5.41, 5.74) is 6.50. The van der Waals surface area contributed by atoms with E-state index in [1.165, 1.54) is 24.0 Å². The molecule has 38 heavy (non-hydrogen) atoms. The van der Waals surface area contributed by atoms with Crippen molar-refractivity contribution >= 4 is 22.5 Å². The number of nitrogens with one attached hydrogen (secondary N) is 2. The quantitative estimate of drug-likeness (QED) is 0.388. The van der Waals surface area contributed by atoms with Gasteiger partial charge in [-0.25, -0.2) is 0 Å². The highest BCUT2D eigenvalue weighted by molar-refractivity contribution is 6.11. The summed E-state index contributed by atoms with van der Waals surface area (Å²) in [7, 11) is 2.17. The molecule has 2 fully saturated rings. The number of benzene rings is 2. The van der Waals surface area contributed by atoms with Crippen molar-refractivity contribution in [2.75, 3.05) is 51.6 Å². The lowest BCUT2D eigenvalue weighted by Gasteiger charge is -2.32. The van der Waals surface area contributed by atoms with Gasteiger partial charge >= 0.3 is 0 Å². The number of anilines is 1. The van der Waals surface area contributed by atoms with E-state index in [2.05, 4.69) is 66.5 Å². The lowest BCUT2D eigenvalue weighted by Crippen LogP contribution is -2.43. The Balaban J connectivity index is 1.19. The van der Waals surface area contributed by atoms with Crippen molar-refractivity contribution in [3.05, 3.63) is 77.7 Å². The Morgan fingerprint density at radius 3 is 2.50 bits per heavy atom. The van der Waals surface area contributed by atoms with E-state index in [4.69, 9.17) is 0 Å². The number of piperazine rings is 1. The summed E-state index contributed by atoms with van der Waals surface area (Å²) >= 11 is 0. The second-order valence-electron chi connectivity index (χ2n) is 10.6. The fourth-order valence-corrected chi connectivity index (χ4v) is 5.50. The summed E-state index contributed by atoms with van der Waals surface area (Å²) < 4.78 is 0. The summed E-state index contributed by atoms with van der Waals surface area (Å²) in [5, 5.41) is 11.2. The van der Waals surface area contributed by atoms with E-state index in [1.54, 1.807) is 0 Å². The van der Waals surface area contributed by atoms with Gasteiger partial charge in [-0.2, -0.15) is 5.10 Å².